The Morgan fingerprint density at radius 1 is 1.36 bits per heavy atom. The van der Waals surface area contributed by atoms with Crippen LogP contribution in [0.1, 0.15) is 37.6 Å². The van der Waals surface area contributed by atoms with Gasteiger partial charge in [0.05, 0.1) is 12.8 Å². The van der Waals surface area contributed by atoms with Crippen LogP contribution in [0.4, 0.5) is 11.4 Å². The van der Waals surface area contributed by atoms with Gasteiger partial charge in [0.2, 0.25) is 0 Å². The van der Waals surface area contributed by atoms with Gasteiger partial charge in [-0.15, -0.1) is 0 Å². The highest BCUT2D eigenvalue weighted by Gasteiger charge is 2.13. The SMILES string of the molecule is CCOc1cnn(C)c(=O)c1Nc1cccc(C(=O)N[C@@H](C)CC)c1. The van der Waals surface area contributed by atoms with Gasteiger partial charge in [-0.05, 0) is 38.5 Å². The minimum absolute atomic E-state index is 0.0983. The molecule has 1 atom stereocenters. The number of nitrogens with one attached hydrogen (secondary N) is 2. The molecule has 1 amide bonds. The summed E-state index contributed by atoms with van der Waals surface area (Å²) in [5.74, 6) is 0.228. The highest BCUT2D eigenvalue weighted by molar-refractivity contribution is 5.95. The van der Waals surface area contributed by atoms with Crippen molar-refractivity contribution in [3.05, 3.63) is 46.4 Å². The van der Waals surface area contributed by atoms with E-state index in [1.807, 2.05) is 20.8 Å². The molecule has 0 saturated carbocycles. The second-order valence-corrected chi connectivity index (χ2v) is 5.73. The lowest BCUT2D eigenvalue weighted by molar-refractivity contribution is 0.0939. The third kappa shape index (κ3) is 4.59. The quantitative estimate of drug-likeness (QED) is 0.806. The third-order valence-corrected chi connectivity index (χ3v) is 3.79. The first kappa shape index (κ1) is 18.5. The van der Waals surface area contributed by atoms with Crippen molar-refractivity contribution in [2.24, 2.45) is 7.05 Å². The fourth-order valence-corrected chi connectivity index (χ4v) is 2.19. The van der Waals surface area contributed by atoms with E-state index < -0.39 is 0 Å². The molecule has 0 spiro atoms. The molecule has 0 aliphatic rings. The van der Waals surface area contributed by atoms with E-state index in [1.165, 1.54) is 10.9 Å². The van der Waals surface area contributed by atoms with Crippen molar-refractivity contribution >= 4 is 17.3 Å². The summed E-state index contributed by atoms with van der Waals surface area (Å²) in [5.41, 5.74) is 1.13. The van der Waals surface area contributed by atoms with Crippen LogP contribution in [0.5, 0.6) is 5.75 Å². The van der Waals surface area contributed by atoms with Crippen LogP contribution in [-0.4, -0.2) is 28.3 Å². The van der Waals surface area contributed by atoms with Crippen molar-refractivity contribution in [1.82, 2.24) is 15.1 Å². The second-order valence-electron chi connectivity index (χ2n) is 5.73. The Morgan fingerprint density at radius 2 is 2.12 bits per heavy atom. The first-order chi connectivity index (χ1) is 12.0. The van der Waals surface area contributed by atoms with E-state index in [1.54, 1.807) is 31.3 Å². The summed E-state index contributed by atoms with van der Waals surface area (Å²) >= 11 is 0. The first-order valence-electron chi connectivity index (χ1n) is 8.33. The zero-order valence-corrected chi connectivity index (χ0v) is 15.0. The Bertz CT molecular complexity index is 801. The topological polar surface area (TPSA) is 85.2 Å². The second kappa shape index (κ2) is 8.32. The van der Waals surface area contributed by atoms with Gasteiger partial charge in [-0.1, -0.05) is 13.0 Å². The predicted octanol–water partition coefficient (Wildman–Crippen LogP) is 2.45. The normalized spacial score (nSPS) is 11.7. The number of anilines is 2. The maximum atomic E-state index is 12.4. The van der Waals surface area contributed by atoms with Crippen LogP contribution in [0.15, 0.2) is 35.3 Å². The van der Waals surface area contributed by atoms with Crippen LogP contribution in [0.3, 0.4) is 0 Å². The van der Waals surface area contributed by atoms with E-state index >= 15 is 0 Å². The Morgan fingerprint density at radius 3 is 2.80 bits per heavy atom. The molecule has 1 heterocycles. The molecule has 0 saturated heterocycles. The number of hydrogen-bond donors (Lipinski definition) is 2. The van der Waals surface area contributed by atoms with Crippen molar-refractivity contribution in [3.63, 3.8) is 0 Å². The van der Waals surface area contributed by atoms with Gasteiger partial charge in [0.25, 0.3) is 11.5 Å². The number of carbonyl (C=O) groups is 1. The van der Waals surface area contributed by atoms with Crippen LogP contribution in [0, 0.1) is 0 Å². The highest BCUT2D eigenvalue weighted by atomic mass is 16.5. The number of aromatic nitrogens is 2. The molecule has 134 valence electrons. The maximum Gasteiger partial charge on any atom is 0.294 e. The Hall–Kier alpha value is -2.83. The summed E-state index contributed by atoms with van der Waals surface area (Å²) in [6, 6.07) is 7.08. The summed E-state index contributed by atoms with van der Waals surface area (Å²) in [6.07, 6.45) is 2.35. The molecule has 7 nitrogen and oxygen atoms in total. The third-order valence-electron chi connectivity index (χ3n) is 3.79. The lowest BCUT2D eigenvalue weighted by Gasteiger charge is -2.14. The summed E-state index contributed by atoms with van der Waals surface area (Å²) < 4.78 is 6.70. The van der Waals surface area contributed by atoms with Crippen LogP contribution in [0.2, 0.25) is 0 Å². The lowest BCUT2D eigenvalue weighted by Crippen LogP contribution is -2.31. The predicted molar refractivity (Wildman–Crippen MR) is 97.6 cm³/mol. The van der Waals surface area contributed by atoms with E-state index in [4.69, 9.17) is 4.74 Å². The average molecular weight is 344 g/mol. The standard InChI is InChI=1S/C18H24N4O3/c1-5-12(3)20-17(23)13-8-7-9-14(10-13)21-16-15(25-6-2)11-19-22(4)18(16)24/h7-12,21H,5-6H2,1-4H3,(H,20,23)/t12-/m0/s1. The number of rotatable bonds is 7. The van der Waals surface area contributed by atoms with E-state index in [9.17, 15) is 9.59 Å². The van der Waals surface area contributed by atoms with Crippen molar-refractivity contribution in [3.8, 4) is 5.75 Å². The molecule has 7 heteroatoms. The fraction of sp³-hybridized carbons (Fsp3) is 0.389. The van der Waals surface area contributed by atoms with Gasteiger partial charge in [0, 0.05) is 24.3 Å². The number of benzene rings is 1. The van der Waals surface area contributed by atoms with Crippen LogP contribution >= 0.6 is 0 Å². The molecule has 0 aliphatic heterocycles. The van der Waals surface area contributed by atoms with Crippen LogP contribution in [-0.2, 0) is 7.05 Å². The zero-order valence-electron chi connectivity index (χ0n) is 15.0. The first-order valence-corrected chi connectivity index (χ1v) is 8.33. The molecule has 0 aliphatic carbocycles. The van der Waals surface area contributed by atoms with Gasteiger partial charge in [0.1, 0.15) is 0 Å². The van der Waals surface area contributed by atoms with Crippen molar-refractivity contribution in [2.45, 2.75) is 33.2 Å². The lowest BCUT2D eigenvalue weighted by atomic mass is 10.1. The molecule has 2 rings (SSSR count). The minimum Gasteiger partial charge on any atom is -0.490 e. The maximum absolute atomic E-state index is 12.4. The molecule has 0 radical (unpaired) electrons. The van der Waals surface area contributed by atoms with Gasteiger partial charge in [-0.2, -0.15) is 5.10 Å². The van der Waals surface area contributed by atoms with E-state index in [0.717, 1.165) is 6.42 Å². The van der Waals surface area contributed by atoms with E-state index in [2.05, 4.69) is 15.7 Å². The number of amides is 1. The van der Waals surface area contributed by atoms with Gasteiger partial charge >= 0.3 is 0 Å². The van der Waals surface area contributed by atoms with E-state index in [0.29, 0.717) is 29.3 Å². The molecule has 2 N–H and O–H groups in total. The minimum atomic E-state index is -0.305. The van der Waals surface area contributed by atoms with Gasteiger partial charge in [-0.3, -0.25) is 9.59 Å². The largest absolute Gasteiger partial charge is 0.490 e. The number of aryl methyl sites for hydroxylation is 1. The summed E-state index contributed by atoms with van der Waals surface area (Å²) in [6.45, 7) is 6.22. The van der Waals surface area contributed by atoms with Gasteiger partial charge in [0.15, 0.2) is 11.4 Å². The molecular formula is C18H24N4O3. The van der Waals surface area contributed by atoms with Crippen molar-refractivity contribution in [2.75, 3.05) is 11.9 Å². The Balaban J connectivity index is 2.30. The summed E-state index contributed by atoms with van der Waals surface area (Å²) in [7, 11) is 1.57. The Kier molecular flexibility index (Phi) is 6.16. The zero-order chi connectivity index (χ0) is 18.4. The van der Waals surface area contributed by atoms with Crippen LogP contribution in [0.25, 0.3) is 0 Å². The summed E-state index contributed by atoms with van der Waals surface area (Å²) in [5, 5.41) is 9.93. The number of nitrogens with zero attached hydrogens (tertiary/aromatic N) is 2. The van der Waals surface area contributed by atoms with Crippen molar-refractivity contribution < 1.29 is 9.53 Å². The van der Waals surface area contributed by atoms with Gasteiger partial charge in [-0.25, -0.2) is 4.68 Å². The smallest absolute Gasteiger partial charge is 0.294 e. The molecule has 25 heavy (non-hydrogen) atoms. The molecule has 0 unspecified atom stereocenters. The molecule has 2 aromatic rings. The fourth-order valence-electron chi connectivity index (χ4n) is 2.19. The molecular weight excluding hydrogens is 320 g/mol. The molecule has 1 aromatic heterocycles. The number of ether oxygens (including phenoxy) is 1. The van der Waals surface area contributed by atoms with Gasteiger partial charge < -0.3 is 15.4 Å². The van der Waals surface area contributed by atoms with Crippen molar-refractivity contribution in [1.29, 1.82) is 0 Å². The molecule has 1 aromatic carbocycles. The van der Waals surface area contributed by atoms with Crippen LogP contribution < -0.4 is 20.9 Å². The number of carbonyl (C=O) groups excluding carboxylic acids is 1. The van der Waals surface area contributed by atoms with E-state index in [-0.39, 0.29) is 17.5 Å². The summed E-state index contributed by atoms with van der Waals surface area (Å²) in [4.78, 5) is 24.6. The highest BCUT2D eigenvalue weighted by Crippen LogP contribution is 2.23. The number of hydrogen-bond acceptors (Lipinski definition) is 5. The monoisotopic (exact) mass is 344 g/mol. The molecule has 0 fully saturated rings. The molecule has 0 bridgehead atoms. The average Bonchev–Trinajstić information content (AvgIpc) is 2.61. The Labute approximate surface area is 147 Å².